The molecule has 4 unspecified atom stereocenters. The normalized spacial score (nSPS) is 19.6. The molecule has 1 aliphatic heterocycles. The molecule has 1 aliphatic rings. The summed E-state index contributed by atoms with van der Waals surface area (Å²) in [5.41, 5.74) is -1.13. The predicted octanol–water partition coefficient (Wildman–Crippen LogP) is 1.19. The quantitative estimate of drug-likeness (QED) is 0.0838. The molecule has 0 aliphatic carbocycles. The van der Waals surface area contributed by atoms with E-state index in [1.54, 1.807) is 6.08 Å². The Morgan fingerprint density at radius 1 is 1.05 bits per heavy atom. The van der Waals surface area contributed by atoms with Gasteiger partial charge in [0.15, 0.2) is 6.35 Å². The average molecular weight is 623 g/mol. The van der Waals surface area contributed by atoms with E-state index in [2.05, 4.69) is 39.7 Å². The second-order valence-electron chi connectivity index (χ2n) is 13.3. The highest BCUT2D eigenvalue weighted by molar-refractivity contribution is 6.38. The van der Waals surface area contributed by atoms with Gasteiger partial charge in [0.2, 0.25) is 17.6 Å². The first-order valence-corrected chi connectivity index (χ1v) is 15.1. The molecular weight excluding hydrogens is 568 g/mol. The van der Waals surface area contributed by atoms with Crippen LogP contribution in [0.2, 0.25) is 0 Å². The maximum atomic E-state index is 14.1. The van der Waals surface area contributed by atoms with Gasteiger partial charge < -0.3 is 30.7 Å². The number of carbonyl (C=O) groups excluding carboxylic acids is 5. The number of alkyl carbamates (subject to hydrolysis) is 1. The minimum absolute atomic E-state index is 0.0330. The number of amides is 4. The highest BCUT2D eigenvalue weighted by Gasteiger charge is 2.45. The molecule has 4 amide bonds. The summed E-state index contributed by atoms with van der Waals surface area (Å²) in [7, 11) is 1.45. The number of ether oxygens (including phenoxy) is 1. The number of carbonyl (C=O) groups is 5. The molecule has 6 atom stereocenters. The van der Waals surface area contributed by atoms with Crippen molar-refractivity contribution in [3.05, 3.63) is 25.3 Å². The minimum Gasteiger partial charge on any atom is -0.448 e. The number of hydrogen-bond donors (Lipinski definition) is 6. The van der Waals surface area contributed by atoms with Crippen LogP contribution in [0.3, 0.4) is 0 Å². The van der Waals surface area contributed by atoms with Crippen molar-refractivity contribution in [1.82, 2.24) is 31.5 Å². The van der Waals surface area contributed by atoms with Crippen molar-refractivity contribution in [2.75, 3.05) is 26.7 Å². The minimum atomic E-state index is -1.37. The van der Waals surface area contributed by atoms with Crippen LogP contribution < -0.4 is 26.6 Å². The van der Waals surface area contributed by atoms with E-state index in [0.29, 0.717) is 6.42 Å². The fourth-order valence-electron chi connectivity index (χ4n) is 4.80. The van der Waals surface area contributed by atoms with Crippen molar-refractivity contribution in [3.63, 3.8) is 0 Å². The van der Waals surface area contributed by atoms with E-state index >= 15 is 0 Å². The lowest BCUT2D eigenvalue weighted by atomic mass is 9.85. The molecule has 6 N–H and O–H groups in total. The van der Waals surface area contributed by atoms with Crippen molar-refractivity contribution >= 4 is 29.6 Å². The Kier molecular flexibility index (Phi) is 15.2. The molecule has 0 aromatic rings. The molecule has 1 saturated heterocycles. The smallest absolute Gasteiger partial charge is 0.406 e. The Morgan fingerprint density at radius 3 is 2.18 bits per heavy atom. The summed E-state index contributed by atoms with van der Waals surface area (Å²) >= 11 is 0. The van der Waals surface area contributed by atoms with Gasteiger partial charge in [0.1, 0.15) is 12.6 Å². The van der Waals surface area contributed by atoms with Crippen LogP contribution in [0.5, 0.6) is 0 Å². The topological polar surface area (TPSA) is 178 Å². The fraction of sp³-hybridized carbons (Fsp3) is 0.710. The second-order valence-corrected chi connectivity index (χ2v) is 13.3. The van der Waals surface area contributed by atoms with Crippen molar-refractivity contribution in [2.45, 2.75) is 98.2 Å². The summed E-state index contributed by atoms with van der Waals surface area (Å²) in [6.45, 7) is 20.7. The molecular formula is C31H54N6O7. The van der Waals surface area contributed by atoms with Gasteiger partial charge in [0.25, 0.3) is 5.91 Å². The first kappa shape index (κ1) is 38.7. The second kappa shape index (κ2) is 17.3. The average Bonchev–Trinajstić information content (AvgIpc) is 3.39. The SMILES string of the molecule is C=CCNC(=O)C(=O)C(CCC)NC(=O)C1C[C@@H](C=C)CN1C(=O)C(NC(O)N[C@H](COC(=O)NC)C(C)(C)C)C(C)(C)C. The largest absolute Gasteiger partial charge is 0.448 e. The number of likely N-dealkylation sites (tertiary alicyclic amines) is 1. The third-order valence-electron chi connectivity index (χ3n) is 7.52. The zero-order valence-corrected chi connectivity index (χ0v) is 27.6. The summed E-state index contributed by atoms with van der Waals surface area (Å²) in [6.07, 6.45) is 2.23. The van der Waals surface area contributed by atoms with Crippen LogP contribution in [0.1, 0.15) is 67.7 Å². The van der Waals surface area contributed by atoms with E-state index in [0.717, 1.165) is 0 Å². The molecule has 44 heavy (non-hydrogen) atoms. The molecule has 0 radical (unpaired) electrons. The van der Waals surface area contributed by atoms with Crippen molar-refractivity contribution in [2.24, 2.45) is 16.7 Å². The summed E-state index contributed by atoms with van der Waals surface area (Å²) in [5, 5.41) is 24.5. The van der Waals surface area contributed by atoms with Crippen LogP contribution in [-0.2, 0) is 23.9 Å². The van der Waals surface area contributed by atoms with Gasteiger partial charge in [0.05, 0.1) is 12.1 Å². The van der Waals surface area contributed by atoms with E-state index in [1.165, 1.54) is 18.0 Å². The number of Topliss-reactive ketones (excluding diaryl/α,β-unsaturated/α-hetero) is 1. The summed E-state index contributed by atoms with van der Waals surface area (Å²) in [4.78, 5) is 65.9. The number of nitrogens with one attached hydrogen (secondary N) is 5. The first-order chi connectivity index (χ1) is 20.4. The molecule has 0 saturated carbocycles. The summed E-state index contributed by atoms with van der Waals surface area (Å²) in [5.74, 6) is -2.73. The first-order valence-electron chi connectivity index (χ1n) is 15.1. The highest BCUT2D eigenvalue weighted by Crippen LogP contribution is 2.29. The number of aliphatic hydroxyl groups excluding tert-OH is 1. The number of aliphatic hydroxyl groups is 1. The monoisotopic (exact) mass is 622 g/mol. The standard InChI is InChI=1S/C31H54N6O7/c1-11-14-20(23(38)26(40)33-15-12-2)34-25(39)21-16-19(13-3)17-37(21)27(41)24(31(7,8)9)36-28(42)35-22(30(4,5)6)18-44-29(43)32-10/h12-13,19-22,24,28,35-36,42H,2-3,11,14-18H2,1,4-10H3,(H,32,43)(H,33,40)(H,34,39)/t19-,20?,21?,22-,24?,28?/m1/s1. The molecule has 0 spiro atoms. The van der Waals surface area contributed by atoms with Crippen LogP contribution in [0.4, 0.5) is 4.79 Å². The Morgan fingerprint density at radius 2 is 1.68 bits per heavy atom. The van der Waals surface area contributed by atoms with E-state index in [9.17, 15) is 29.1 Å². The molecule has 250 valence electrons. The van der Waals surface area contributed by atoms with Gasteiger partial charge >= 0.3 is 6.09 Å². The number of nitrogens with zero attached hydrogens (tertiary/aromatic N) is 1. The van der Waals surface area contributed by atoms with Crippen molar-refractivity contribution < 1.29 is 33.8 Å². The van der Waals surface area contributed by atoms with E-state index in [4.69, 9.17) is 4.74 Å². The molecule has 1 heterocycles. The highest BCUT2D eigenvalue weighted by atomic mass is 16.5. The predicted molar refractivity (Wildman–Crippen MR) is 168 cm³/mol. The van der Waals surface area contributed by atoms with Gasteiger partial charge in [-0.25, -0.2) is 4.79 Å². The molecule has 1 rings (SSSR count). The Hall–Kier alpha value is -3.29. The fourth-order valence-corrected chi connectivity index (χ4v) is 4.80. The van der Waals surface area contributed by atoms with Crippen LogP contribution in [0.15, 0.2) is 25.3 Å². The summed E-state index contributed by atoms with van der Waals surface area (Å²) < 4.78 is 5.21. The zero-order chi connectivity index (χ0) is 33.8. The Bertz CT molecular complexity index is 1040. The lowest BCUT2D eigenvalue weighted by Crippen LogP contribution is -2.63. The van der Waals surface area contributed by atoms with Gasteiger partial charge in [-0.15, -0.1) is 13.2 Å². The van der Waals surface area contributed by atoms with Crippen molar-refractivity contribution in [3.8, 4) is 0 Å². The maximum absolute atomic E-state index is 14.1. The molecule has 1 fully saturated rings. The van der Waals surface area contributed by atoms with E-state index < -0.39 is 70.9 Å². The molecule has 0 aromatic carbocycles. The van der Waals surface area contributed by atoms with E-state index in [1.807, 2.05) is 48.5 Å². The van der Waals surface area contributed by atoms with Crippen molar-refractivity contribution in [1.29, 1.82) is 0 Å². The van der Waals surface area contributed by atoms with Crippen LogP contribution in [0, 0.1) is 16.7 Å². The van der Waals surface area contributed by atoms with Crippen LogP contribution in [-0.4, -0.2) is 96.9 Å². The number of hydrogen-bond acceptors (Lipinski definition) is 9. The lowest BCUT2D eigenvalue weighted by molar-refractivity contribution is -0.145. The Labute approximate surface area is 262 Å². The molecule has 13 nitrogen and oxygen atoms in total. The third-order valence-corrected chi connectivity index (χ3v) is 7.52. The van der Waals surface area contributed by atoms with Crippen LogP contribution in [0.25, 0.3) is 0 Å². The summed E-state index contributed by atoms with van der Waals surface area (Å²) in [6, 6.07) is -3.40. The number of rotatable bonds is 16. The Balaban J connectivity index is 3.21. The van der Waals surface area contributed by atoms with Gasteiger partial charge in [-0.2, -0.15) is 0 Å². The number of ketones is 1. The lowest BCUT2D eigenvalue weighted by Gasteiger charge is -2.39. The third kappa shape index (κ3) is 11.7. The van der Waals surface area contributed by atoms with E-state index in [-0.39, 0.29) is 38.5 Å². The van der Waals surface area contributed by atoms with Gasteiger partial charge in [-0.05, 0) is 29.6 Å². The van der Waals surface area contributed by atoms with Gasteiger partial charge in [-0.3, -0.25) is 29.8 Å². The zero-order valence-electron chi connectivity index (χ0n) is 27.6. The van der Waals surface area contributed by atoms with Crippen LogP contribution >= 0.6 is 0 Å². The van der Waals surface area contributed by atoms with Gasteiger partial charge in [-0.1, -0.05) is 67.0 Å². The molecule has 0 bridgehead atoms. The van der Waals surface area contributed by atoms with Gasteiger partial charge in [0, 0.05) is 26.2 Å². The molecule has 0 aromatic heterocycles. The molecule has 13 heteroatoms. The maximum Gasteiger partial charge on any atom is 0.406 e.